The van der Waals surface area contributed by atoms with Crippen LogP contribution in [-0.2, 0) is 14.9 Å². The largest absolute Gasteiger partial charge is 0.483 e. The van der Waals surface area contributed by atoms with Crippen molar-refractivity contribution >= 4 is 5.97 Å². The summed E-state index contributed by atoms with van der Waals surface area (Å²) < 4.78 is 41.4. The molecule has 0 saturated heterocycles. The Morgan fingerprint density at radius 3 is 2.38 bits per heavy atom. The molecular formula is C32H44F2O3. The topological polar surface area (TPSA) is 35.5 Å². The van der Waals surface area contributed by atoms with Crippen LogP contribution in [0.3, 0.4) is 0 Å². The molecule has 0 N–H and O–H groups in total. The van der Waals surface area contributed by atoms with E-state index in [0.29, 0.717) is 36.2 Å². The summed E-state index contributed by atoms with van der Waals surface area (Å²) >= 11 is 0. The quantitative estimate of drug-likeness (QED) is 0.257. The van der Waals surface area contributed by atoms with Crippen LogP contribution in [0.1, 0.15) is 103 Å². The number of allylic oxidation sites excluding steroid dienone is 3. The van der Waals surface area contributed by atoms with Crippen molar-refractivity contribution in [3.63, 3.8) is 0 Å². The summed E-state index contributed by atoms with van der Waals surface area (Å²) in [6.45, 7) is 6.39. The van der Waals surface area contributed by atoms with E-state index in [4.69, 9.17) is 9.47 Å². The molecule has 3 fully saturated rings. The molecule has 3 aliphatic rings. The molecule has 4 atom stereocenters. The third-order valence-electron chi connectivity index (χ3n) is 9.22. The van der Waals surface area contributed by atoms with Crippen molar-refractivity contribution in [2.45, 2.75) is 109 Å². The zero-order chi connectivity index (χ0) is 26.4. The van der Waals surface area contributed by atoms with Gasteiger partial charge in [0, 0.05) is 0 Å². The lowest BCUT2D eigenvalue weighted by molar-refractivity contribution is -0.161. The second kappa shape index (κ2) is 12.6. The summed E-state index contributed by atoms with van der Waals surface area (Å²) in [6.07, 6.45) is 17.2. The van der Waals surface area contributed by atoms with E-state index < -0.39 is 17.0 Å². The zero-order valence-corrected chi connectivity index (χ0v) is 22.9. The Morgan fingerprint density at radius 2 is 1.70 bits per heavy atom. The summed E-state index contributed by atoms with van der Waals surface area (Å²) in [5.41, 5.74) is 0.933. The van der Waals surface area contributed by atoms with Crippen molar-refractivity contribution in [2.75, 3.05) is 6.61 Å². The monoisotopic (exact) mass is 514 g/mol. The Bertz CT molecular complexity index is 969. The number of hydrogen-bond donors (Lipinski definition) is 0. The van der Waals surface area contributed by atoms with E-state index >= 15 is 0 Å². The lowest BCUT2D eigenvalue weighted by Crippen LogP contribution is -2.43. The Hall–Kier alpha value is -2.17. The van der Waals surface area contributed by atoms with Crippen molar-refractivity contribution in [3.05, 3.63) is 53.1 Å². The van der Waals surface area contributed by atoms with Crippen LogP contribution in [0, 0.1) is 29.4 Å². The first-order valence-corrected chi connectivity index (χ1v) is 14.5. The second-order valence-corrected chi connectivity index (χ2v) is 11.5. The smallest absolute Gasteiger partial charge is 0.316 e. The molecule has 0 spiro atoms. The number of halogens is 2. The van der Waals surface area contributed by atoms with Crippen LogP contribution >= 0.6 is 0 Å². The van der Waals surface area contributed by atoms with Gasteiger partial charge in [-0.15, -0.1) is 0 Å². The Kier molecular flexibility index (Phi) is 9.47. The number of rotatable bonds is 8. The molecule has 0 amide bonds. The summed E-state index contributed by atoms with van der Waals surface area (Å²) in [4.78, 5) is 13.8. The molecule has 37 heavy (non-hydrogen) atoms. The van der Waals surface area contributed by atoms with Crippen molar-refractivity contribution in [3.8, 4) is 5.75 Å². The van der Waals surface area contributed by atoms with E-state index in [0.717, 1.165) is 44.9 Å². The molecule has 204 valence electrons. The second-order valence-electron chi connectivity index (χ2n) is 11.5. The standard InChI is InChI=1S/C32H44F2O3/c1-4-6-17-36-30-28(33)20-26(21-29(30)34)32(15-8-7-9-16-32)31(35)37-27-14-13-24-18-23(22(3)10-5-2)11-12-25(24)19-27/h4,6,10,20-21,23-25,27H,5,7-9,11-19H2,1-3H3/b6-4+,22-10-. The number of benzene rings is 1. The first kappa shape index (κ1) is 27.9. The molecule has 0 aromatic heterocycles. The van der Waals surface area contributed by atoms with Crippen LogP contribution in [-0.4, -0.2) is 18.7 Å². The lowest BCUT2D eigenvalue weighted by atomic mass is 9.65. The molecule has 4 unspecified atom stereocenters. The average Bonchev–Trinajstić information content (AvgIpc) is 2.90. The van der Waals surface area contributed by atoms with Crippen LogP contribution in [0.2, 0.25) is 0 Å². The van der Waals surface area contributed by atoms with Gasteiger partial charge in [-0.1, -0.05) is 50.0 Å². The van der Waals surface area contributed by atoms with Gasteiger partial charge in [-0.3, -0.25) is 4.79 Å². The van der Waals surface area contributed by atoms with Crippen LogP contribution < -0.4 is 4.74 Å². The van der Waals surface area contributed by atoms with Gasteiger partial charge in [0.1, 0.15) is 12.7 Å². The molecule has 1 aromatic rings. The molecule has 0 aliphatic heterocycles. The maximum absolute atomic E-state index is 15.0. The van der Waals surface area contributed by atoms with Gasteiger partial charge in [-0.05, 0) is 107 Å². The number of fused-ring (bicyclic) bond motifs is 1. The number of ether oxygens (including phenoxy) is 2. The normalized spacial score (nSPS) is 28.1. The van der Waals surface area contributed by atoms with Crippen LogP contribution in [0.5, 0.6) is 5.75 Å². The first-order chi connectivity index (χ1) is 17.9. The van der Waals surface area contributed by atoms with E-state index in [-0.39, 0.29) is 24.4 Å². The molecule has 0 bridgehead atoms. The maximum atomic E-state index is 15.0. The molecule has 3 nitrogen and oxygen atoms in total. The van der Waals surface area contributed by atoms with Crippen LogP contribution in [0.15, 0.2) is 35.9 Å². The predicted molar refractivity (Wildman–Crippen MR) is 144 cm³/mol. The maximum Gasteiger partial charge on any atom is 0.316 e. The summed E-state index contributed by atoms with van der Waals surface area (Å²) in [5.74, 6) is -0.213. The van der Waals surface area contributed by atoms with Gasteiger partial charge < -0.3 is 9.47 Å². The molecule has 4 rings (SSSR count). The summed E-state index contributed by atoms with van der Waals surface area (Å²) in [5, 5.41) is 0. The van der Waals surface area contributed by atoms with E-state index in [1.807, 2.05) is 6.92 Å². The zero-order valence-electron chi connectivity index (χ0n) is 22.9. The SMILES string of the molecule is C/C=C/COc1c(F)cc(C2(C(=O)OC3CCC4CC(/C(C)=C\CC)CCC4C3)CCCCC2)cc1F. The first-order valence-electron chi connectivity index (χ1n) is 14.5. The van der Waals surface area contributed by atoms with Crippen molar-refractivity contribution < 1.29 is 23.0 Å². The number of esters is 1. The molecule has 5 heteroatoms. The minimum atomic E-state index is -0.988. The summed E-state index contributed by atoms with van der Waals surface area (Å²) in [7, 11) is 0. The van der Waals surface area contributed by atoms with Gasteiger partial charge in [0.15, 0.2) is 17.4 Å². The fraction of sp³-hybridized carbons (Fsp3) is 0.656. The highest BCUT2D eigenvalue weighted by Gasteiger charge is 2.46. The summed E-state index contributed by atoms with van der Waals surface area (Å²) in [6, 6.07) is 2.59. The molecule has 1 aromatic carbocycles. The lowest BCUT2D eigenvalue weighted by Gasteiger charge is -2.43. The predicted octanol–water partition coefficient (Wildman–Crippen LogP) is 8.61. The van der Waals surface area contributed by atoms with Gasteiger partial charge in [0.25, 0.3) is 0 Å². The highest BCUT2D eigenvalue weighted by atomic mass is 19.1. The third-order valence-corrected chi connectivity index (χ3v) is 9.22. The van der Waals surface area contributed by atoms with Crippen LogP contribution in [0.4, 0.5) is 8.78 Å². The molecule has 3 aliphatic carbocycles. The molecule has 0 radical (unpaired) electrons. The fourth-order valence-electron chi connectivity index (χ4n) is 7.09. The van der Waals surface area contributed by atoms with Gasteiger partial charge >= 0.3 is 5.97 Å². The fourth-order valence-corrected chi connectivity index (χ4v) is 7.09. The third kappa shape index (κ3) is 6.29. The van der Waals surface area contributed by atoms with Gasteiger partial charge in [0.2, 0.25) is 0 Å². The van der Waals surface area contributed by atoms with Gasteiger partial charge in [-0.2, -0.15) is 0 Å². The Morgan fingerprint density at radius 1 is 1.03 bits per heavy atom. The van der Waals surface area contributed by atoms with Crippen molar-refractivity contribution in [1.82, 2.24) is 0 Å². The van der Waals surface area contributed by atoms with E-state index in [2.05, 4.69) is 19.9 Å². The number of carbonyl (C=O) groups excluding carboxylic acids is 1. The minimum Gasteiger partial charge on any atom is -0.483 e. The van der Waals surface area contributed by atoms with Gasteiger partial charge in [0.05, 0.1) is 5.41 Å². The van der Waals surface area contributed by atoms with Crippen molar-refractivity contribution in [1.29, 1.82) is 0 Å². The molecule has 0 heterocycles. The van der Waals surface area contributed by atoms with Crippen molar-refractivity contribution in [2.24, 2.45) is 17.8 Å². The minimum absolute atomic E-state index is 0.0932. The van der Waals surface area contributed by atoms with Crippen LogP contribution in [0.25, 0.3) is 0 Å². The van der Waals surface area contributed by atoms with E-state index in [9.17, 15) is 13.6 Å². The average molecular weight is 515 g/mol. The van der Waals surface area contributed by atoms with E-state index in [1.54, 1.807) is 12.2 Å². The number of hydrogen-bond acceptors (Lipinski definition) is 3. The Labute approximate surface area is 221 Å². The molecule has 3 saturated carbocycles. The Balaban J connectivity index is 1.46. The van der Waals surface area contributed by atoms with E-state index in [1.165, 1.54) is 37.0 Å². The number of carbonyl (C=O) groups is 1. The van der Waals surface area contributed by atoms with Gasteiger partial charge in [-0.25, -0.2) is 8.78 Å². The highest BCUT2D eigenvalue weighted by Crippen LogP contribution is 2.47. The molecular weight excluding hydrogens is 470 g/mol. The highest BCUT2D eigenvalue weighted by molar-refractivity contribution is 5.83.